The molecule has 78 valence electrons. The lowest BCUT2D eigenvalue weighted by atomic mass is 10.3. The maximum Gasteiger partial charge on any atom is 0.254 e. The molecule has 0 saturated carbocycles. The minimum absolute atomic E-state index is 0.181. The quantitative estimate of drug-likeness (QED) is 0.891. The number of halogens is 1. The Morgan fingerprint density at radius 3 is 3.13 bits per heavy atom. The molecule has 0 fully saturated rings. The van der Waals surface area contributed by atoms with Crippen molar-refractivity contribution >= 4 is 21.8 Å². The minimum Gasteiger partial charge on any atom is -0.457 e. The summed E-state index contributed by atoms with van der Waals surface area (Å²) >= 11 is 3.13. The van der Waals surface area contributed by atoms with Gasteiger partial charge in [0.15, 0.2) is 4.67 Å². The number of hydrogen-bond donors (Lipinski definition) is 2. The molecule has 0 unspecified atom stereocenters. The Morgan fingerprint density at radius 2 is 2.53 bits per heavy atom. The first-order valence-corrected chi connectivity index (χ1v) is 5.05. The summed E-state index contributed by atoms with van der Waals surface area (Å²) in [6.07, 6.45) is 3.03. The van der Waals surface area contributed by atoms with Gasteiger partial charge in [0.2, 0.25) is 0 Å². The normalized spacial score (nSPS) is 10.2. The SMILES string of the molecule is O=C(NCc1ccn[nH]1)c1coc(Br)c1. The molecule has 0 aromatic carbocycles. The molecule has 0 saturated heterocycles. The number of aromatic nitrogens is 2. The molecule has 15 heavy (non-hydrogen) atoms. The number of carbonyl (C=O) groups excluding carboxylic acids is 1. The van der Waals surface area contributed by atoms with Gasteiger partial charge in [-0.25, -0.2) is 0 Å². The van der Waals surface area contributed by atoms with Crippen LogP contribution in [0.3, 0.4) is 0 Å². The molecule has 0 aliphatic rings. The second-order valence-electron chi connectivity index (χ2n) is 2.90. The number of aromatic amines is 1. The number of amides is 1. The van der Waals surface area contributed by atoms with Gasteiger partial charge in [-0.1, -0.05) is 0 Å². The third-order valence-electron chi connectivity index (χ3n) is 1.83. The van der Waals surface area contributed by atoms with Crippen LogP contribution in [0.2, 0.25) is 0 Å². The van der Waals surface area contributed by atoms with Crippen molar-refractivity contribution in [1.29, 1.82) is 0 Å². The summed E-state index contributed by atoms with van der Waals surface area (Å²) in [5.41, 5.74) is 1.34. The molecule has 0 bridgehead atoms. The van der Waals surface area contributed by atoms with E-state index in [0.717, 1.165) is 5.69 Å². The molecule has 2 aromatic heterocycles. The fourth-order valence-corrected chi connectivity index (χ4v) is 1.43. The highest BCUT2D eigenvalue weighted by molar-refractivity contribution is 9.10. The molecule has 2 N–H and O–H groups in total. The molecule has 0 radical (unpaired) electrons. The van der Waals surface area contributed by atoms with Crippen LogP contribution in [0.1, 0.15) is 16.1 Å². The standard InChI is InChI=1S/C9H8BrN3O2/c10-8-3-6(5-15-8)9(14)11-4-7-1-2-12-13-7/h1-3,5H,4H2,(H,11,14)(H,12,13). The van der Waals surface area contributed by atoms with Crippen LogP contribution >= 0.6 is 15.9 Å². The van der Waals surface area contributed by atoms with E-state index in [1.54, 1.807) is 18.3 Å². The largest absolute Gasteiger partial charge is 0.457 e. The van der Waals surface area contributed by atoms with E-state index in [1.165, 1.54) is 6.26 Å². The van der Waals surface area contributed by atoms with Crippen molar-refractivity contribution in [3.05, 3.63) is 40.5 Å². The molecule has 2 rings (SSSR count). The highest BCUT2D eigenvalue weighted by Crippen LogP contribution is 2.13. The van der Waals surface area contributed by atoms with Crippen LogP contribution in [-0.4, -0.2) is 16.1 Å². The van der Waals surface area contributed by atoms with Crippen molar-refractivity contribution < 1.29 is 9.21 Å². The van der Waals surface area contributed by atoms with Gasteiger partial charge in [-0.3, -0.25) is 9.89 Å². The molecule has 5 nitrogen and oxygen atoms in total. The highest BCUT2D eigenvalue weighted by Gasteiger charge is 2.08. The van der Waals surface area contributed by atoms with E-state index in [1.807, 2.05) is 0 Å². The van der Waals surface area contributed by atoms with E-state index in [2.05, 4.69) is 31.4 Å². The predicted molar refractivity (Wildman–Crippen MR) is 56.2 cm³/mol. The van der Waals surface area contributed by atoms with E-state index >= 15 is 0 Å². The van der Waals surface area contributed by atoms with E-state index in [-0.39, 0.29) is 5.91 Å². The molecule has 2 heterocycles. The third-order valence-corrected chi connectivity index (χ3v) is 2.24. The van der Waals surface area contributed by atoms with Crippen LogP contribution in [0.15, 0.2) is 33.7 Å². The van der Waals surface area contributed by atoms with Crippen LogP contribution in [0.5, 0.6) is 0 Å². The summed E-state index contributed by atoms with van der Waals surface area (Å²) in [7, 11) is 0. The number of carbonyl (C=O) groups is 1. The molecule has 0 aliphatic carbocycles. The van der Waals surface area contributed by atoms with E-state index in [4.69, 9.17) is 4.42 Å². The Hall–Kier alpha value is -1.56. The van der Waals surface area contributed by atoms with E-state index < -0.39 is 0 Å². The van der Waals surface area contributed by atoms with Gasteiger partial charge < -0.3 is 9.73 Å². The number of hydrogen-bond acceptors (Lipinski definition) is 3. The Labute approximate surface area is 94.0 Å². The second kappa shape index (κ2) is 4.31. The van der Waals surface area contributed by atoms with Gasteiger partial charge in [0.25, 0.3) is 5.91 Å². The zero-order valence-electron chi connectivity index (χ0n) is 7.66. The van der Waals surface area contributed by atoms with Gasteiger partial charge in [0.1, 0.15) is 6.26 Å². The molecule has 0 atom stereocenters. The maximum atomic E-state index is 11.5. The lowest BCUT2D eigenvalue weighted by molar-refractivity contribution is 0.0950. The molecular formula is C9H8BrN3O2. The summed E-state index contributed by atoms with van der Waals surface area (Å²) in [5.74, 6) is -0.181. The highest BCUT2D eigenvalue weighted by atomic mass is 79.9. The number of rotatable bonds is 3. The molecule has 2 aromatic rings. The Balaban J connectivity index is 1.93. The van der Waals surface area contributed by atoms with Gasteiger partial charge in [0, 0.05) is 12.3 Å². The summed E-state index contributed by atoms with van der Waals surface area (Å²) in [5, 5.41) is 9.25. The van der Waals surface area contributed by atoms with Crippen LogP contribution in [-0.2, 0) is 6.54 Å². The topological polar surface area (TPSA) is 70.9 Å². The van der Waals surface area contributed by atoms with Crippen molar-refractivity contribution in [3.63, 3.8) is 0 Å². The van der Waals surface area contributed by atoms with Crippen molar-refractivity contribution in [2.45, 2.75) is 6.54 Å². The lowest BCUT2D eigenvalue weighted by Gasteiger charge is -1.99. The zero-order chi connectivity index (χ0) is 10.7. The maximum absolute atomic E-state index is 11.5. The monoisotopic (exact) mass is 269 g/mol. The molecule has 0 spiro atoms. The number of nitrogens with zero attached hydrogens (tertiary/aromatic N) is 1. The first-order chi connectivity index (χ1) is 7.25. The number of nitrogens with one attached hydrogen (secondary N) is 2. The van der Waals surface area contributed by atoms with Crippen molar-refractivity contribution in [3.8, 4) is 0 Å². The van der Waals surface area contributed by atoms with Gasteiger partial charge >= 0.3 is 0 Å². The average molecular weight is 270 g/mol. The fraction of sp³-hybridized carbons (Fsp3) is 0.111. The van der Waals surface area contributed by atoms with E-state index in [9.17, 15) is 4.79 Å². The fourth-order valence-electron chi connectivity index (χ4n) is 1.09. The van der Waals surface area contributed by atoms with Crippen LogP contribution in [0.4, 0.5) is 0 Å². The summed E-state index contributed by atoms with van der Waals surface area (Å²) in [4.78, 5) is 11.5. The first kappa shape index (κ1) is 9.97. The van der Waals surface area contributed by atoms with E-state index in [0.29, 0.717) is 16.8 Å². The molecule has 1 amide bonds. The molecule has 6 heteroatoms. The van der Waals surface area contributed by atoms with Gasteiger partial charge in [0.05, 0.1) is 17.8 Å². The molecule has 0 aliphatic heterocycles. The van der Waals surface area contributed by atoms with Crippen molar-refractivity contribution in [2.75, 3.05) is 0 Å². The van der Waals surface area contributed by atoms with Crippen molar-refractivity contribution in [1.82, 2.24) is 15.5 Å². The van der Waals surface area contributed by atoms with Gasteiger partial charge in [-0.15, -0.1) is 0 Å². The average Bonchev–Trinajstić information content (AvgIpc) is 2.84. The molecular weight excluding hydrogens is 262 g/mol. The predicted octanol–water partition coefficient (Wildman–Crippen LogP) is 1.70. The summed E-state index contributed by atoms with van der Waals surface area (Å²) in [6.45, 7) is 0.418. The summed E-state index contributed by atoms with van der Waals surface area (Å²) in [6, 6.07) is 3.41. The third kappa shape index (κ3) is 2.47. The van der Waals surface area contributed by atoms with Crippen LogP contribution < -0.4 is 5.32 Å². The smallest absolute Gasteiger partial charge is 0.254 e. The Kier molecular flexibility index (Phi) is 2.86. The first-order valence-electron chi connectivity index (χ1n) is 4.26. The van der Waals surface area contributed by atoms with Crippen molar-refractivity contribution in [2.24, 2.45) is 0 Å². The summed E-state index contributed by atoms with van der Waals surface area (Å²) < 4.78 is 5.49. The number of H-pyrrole nitrogens is 1. The van der Waals surface area contributed by atoms with Gasteiger partial charge in [-0.05, 0) is 22.0 Å². The Morgan fingerprint density at radius 1 is 1.67 bits per heavy atom. The van der Waals surface area contributed by atoms with Gasteiger partial charge in [-0.2, -0.15) is 5.10 Å². The lowest BCUT2D eigenvalue weighted by Crippen LogP contribution is -2.22. The number of furan rings is 1. The zero-order valence-corrected chi connectivity index (χ0v) is 9.24. The Bertz CT molecular complexity index is 450. The van der Waals surface area contributed by atoms with Crippen LogP contribution in [0, 0.1) is 0 Å². The minimum atomic E-state index is -0.181. The second-order valence-corrected chi connectivity index (χ2v) is 3.69. The van der Waals surface area contributed by atoms with Crippen LogP contribution in [0.25, 0.3) is 0 Å².